The van der Waals surface area contributed by atoms with Crippen molar-refractivity contribution in [2.24, 2.45) is 5.92 Å². The summed E-state index contributed by atoms with van der Waals surface area (Å²) in [6, 6.07) is 6.44. The van der Waals surface area contributed by atoms with E-state index in [1.807, 2.05) is 24.1 Å². The van der Waals surface area contributed by atoms with Crippen molar-refractivity contribution >= 4 is 5.91 Å². The number of likely N-dealkylation sites (tertiary alicyclic amines) is 1. The predicted molar refractivity (Wildman–Crippen MR) is 85.6 cm³/mol. The first-order valence-corrected chi connectivity index (χ1v) is 8.13. The largest absolute Gasteiger partial charge is 0.337 e. The molecule has 0 aromatic heterocycles. The van der Waals surface area contributed by atoms with Gasteiger partial charge in [0.05, 0.1) is 0 Å². The molecule has 0 bridgehead atoms. The molecule has 1 aromatic rings. The predicted octanol–water partition coefficient (Wildman–Crippen LogP) is 2.86. The van der Waals surface area contributed by atoms with Crippen molar-refractivity contribution < 1.29 is 4.79 Å². The molecular weight excluding hydrogens is 260 g/mol. The number of rotatable bonds is 5. The third kappa shape index (κ3) is 3.13. The smallest absolute Gasteiger partial charge is 0.253 e. The number of hydrogen-bond acceptors (Lipinski definition) is 2. The Morgan fingerprint density at radius 1 is 1.29 bits per heavy atom. The Bertz CT molecular complexity index is 532. The summed E-state index contributed by atoms with van der Waals surface area (Å²) in [6.07, 6.45) is 3.87. The first-order valence-electron chi connectivity index (χ1n) is 8.13. The van der Waals surface area contributed by atoms with E-state index in [1.54, 1.807) is 0 Å². The Morgan fingerprint density at radius 2 is 2.00 bits per heavy atom. The van der Waals surface area contributed by atoms with E-state index in [9.17, 15) is 4.79 Å². The molecule has 1 saturated heterocycles. The lowest BCUT2D eigenvalue weighted by molar-refractivity contribution is 0.0607. The molecule has 0 N–H and O–H groups in total. The summed E-state index contributed by atoms with van der Waals surface area (Å²) in [7, 11) is 1.99. The second kappa shape index (κ2) is 5.80. The first-order chi connectivity index (χ1) is 10.1. The van der Waals surface area contributed by atoms with Gasteiger partial charge in [0.1, 0.15) is 0 Å². The third-order valence-electron chi connectivity index (χ3n) is 5.13. The molecule has 3 rings (SSSR count). The molecule has 3 heteroatoms. The highest BCUT2D eigenvalue weighted by atomic mass is 16.2. The fraction of sp³-hybridized carbons (Fsp3) is 0.611. The van der Waals surface area contributed by atoms with Crippen LogP contribution in [0, 0.1) is 19.8 Å². The van der Waals surface area contributed by atoms with Crippen LogP contribution in [-0.2, 0) is 0 Å². The van der Waals surface area contributed by atoms with E-state index >= 15 is 0 Å². The Morgan fingerprint density at radius 3 is 2.52 bits per heavy atom. The van der Waals surface area contributed by atoms with Crippen molar-refractivity contribution in [2.75, 3.05) is 26.7 Å². The van der Waals surface area contributed by atoms with Crippen LogP contribution in [0.2, 0.25) is 0 Å². The molecule has 1 atom stereocenters. The van der Waals surface area contributed by atoms with E-state index in [-0.39, 0.29) is 5.91 Å². The molecule has 1 saturated carbocycles. The molecule has 3 nitrogen and oxygen atoms in total. The number of amides is 1. The van der Waals surface area contributed by atoms with E-state index in [2.05, 4.69) is 24.8 Å². The summed E-state index contributed by atoms with van der Waals surface area (Å²) in [5.41, 5.74) is 3.27. The van der Waals surface area contributed by atoms with Crippen molar-refractivity contribution in [3.8, 4) is 0 Å². The average Bonchev–Trinajstić information content (AvgIpc) is 3.24. The summed E-state index contributed by atoms with van der Waals surface area (Å²) < 4.78 is 0. The standard InChI is InChI=1S/C18H26N2O/c1-13-5-6-16(11-14(13)2)18(21)19(3)17(15-7-8-15)12-20-9-4-10-20/h5-6,11,15,17H,4,7-10,12H2,1-3H3. The highest BCUT2D eigenvalue weighted by Gasteiger charge is 2.37. The fourth-order valence-electron chi connectivity index (χ4n) is 3.13. The quantitative estimate of drug-likeness (QED) is 0.831. The second-order valence-electron chi connectivity index (χ2n) is 6.77. The Kier molecular flexibility index (Phi) is 4.03. The number of aryl methyl sites for hydroxylation is 2. The van der Waals surface area contributed by atoms with Crippen LogP contribution >= 0.6 is 0 Å². The summed E-state index contributed by atoms with van der Waals surface area (Å²) >= 11 is 0. The third-order valence-corrected chi connectivity index (χ3v) is 5.13. The molecule has 2 aliphatic rings. The van der Waals surface area contributed by atoms with Gasteiger partial charge in [-0.3, -0.25) is 4.79 Å². The van der Waals surface area contributed by atoms with Crippen molar-refractivity contribution in [3.05, 3.63) is 34.9 Å². The molecular formula is C18H26N2O. The van der Waals surface area contributed by atoms with Crippen LogP contribution in [0.25, 0.3) is 0 Å². The second-order valence-corrected chi connectivity index (χ2v) is 6.77. The molecule has 114 valence electrons. The minimum atomic E-state index is 0.176. The minimum absolute atomic E-state index is 0.176. The topological polar surface area (TPSA) is 23.6 Å². The normalized spacial score (nSPS) is 20.0. The summed E-state index contributed by atoms with van der Waals surface area (Å²) in [6.45, 7) is 7.62. The van der Waals surface area contributed by atoms with Crippen molar-refractivity contribution in [3.63, 3.8) is 0 Å². The summed E-state index contributed by atoms with van der Waals surface area (Å²) in [5, 5.41) is 0. The van der Waals surface area contributed by atoms with Crippen LogP contribution in [0.1, 0.15) is 40.7 Å². The maximum atomic E-state index is 12.8. The maximum absolute atomic E-state index is 12.8. The van der Waals surface area contributed by atoms with Crippen LogP contribution in [-0.4, -0.2) is 48.4 Å². The average molecular weight is 286 g/mol. The number of carbonyl (C=O) groups is 1. The lowest BCUT2D eigenvalue weighted by atomic mass is 10.0. The van der Waals surface area contributed by atoms with Crippen LogP contribution in [0.4, 0.5) is 0 Å². The van der Waals surface area contributed by atoms with Gasteiger partial charge in [0.15, 0.2) is 0 Å². The van der Waals surface area contributed by atoms with Crippen molar-refractivity contribution in [1.29, 1.82) is 0 Å². The number of carbonyl (C=O) groups excluding carboxylic acids is 1. The first kappa shape index (κ1) is 14.6. The Hall–Kier alpha value is -1.35. The van der Waals surface area contributed by atoms with Gasteiger partial charge in [-0.05, 0) is 75.4 Å². The zero-order chi connectivity index (χ0) is 15.0. The SMILES string of the molecule is Cc1ccc(C(=O)N(C)C(CN2CCC2)C2CC2)cc1C. The molecule has 1 unspecified atom stereocenters. The van der Waals surface area contributed by atoms with E-state index in [0.717, 1.165) is 12.1 Å². The molecule has 1 heterocycles. The molecule has 1 aliphatic heterocycles. The fourth-order valence-corrected chi connectivity index (χ4v) is 3.13. The van der Waals surface area contributed by atoms with Gasteiger partial charge >= 0.3 is 0 Å². The van der Waals surface area contributed by atoms with E-state index in [0.29, 0.717) is 12.0 Å². The molecule has 21 heavy (non-hydrogen) atoms. The van der Waals surface area contributed by atoms with Gasteiger partial charge in [-0.15, -0.1) is 0 Å². The van der Waals surface area contributed by atoms with Crippen LogP contribution < -0.4 is 0 Å². The van der Waals surface area contributed by atoms with Crippen molar-refractivity contribution in [2.45, 2.75) is 39.2 Å². The van der Waals surface area contributed by atoms with E-state index < -0.39 is 0 Å². The van der Waals surface area contributed by atoms with Crippen molar-refractivity contribution in [1.82, 2.24) is 9.80 Å². The zero-order valence-electron chi connectivity index (χ0n) is 13.4. The number of nitrogens with zero attached hydrogens (tertiary/aromatic N) is 2. The molecule has 1 amide bonds. The van der Waals surface area contributed by atoms with Crippen LogP contribution in [0.3, 0.4) is 0 Å². The lowest BCUT2D eigenvalue weighted by Crippen LogP contribution is -2.50. The molecule has 2 fully saturated rings. The molecule has 1 aliphatic carbocycles. The lowest BCUT2D eigenvalue weighted by Gasteiger charge is -2.38. The van der Waals surface area contributed by atoms with Gasteiger partial charge in [-0.2, -0.15) is 0 Å². The highest BCUT2D eigenvalue weighted by molar-refractivity contribution is 5.94. The van der Waals surface area contributed by atoms with E-state index in [1.165, 1.54) is 43.5 Å². The summed E-state index contributed by atoms with van der Waals surface area (Å²) in [5.74, 6) is 0.890. The highest BCUT2D eigenvalue weighted by Crippen LogP contribution is 2.36. The monoisotopic (exact) mass is 286 g/mol. The number of benzene rings is 1. The van der Waals surface area contributed by atoms with Gasteiger partial charge in [0.2, 0.25) is 0 Å². The van der Waals surface area contributed by atoms with Crippen LogP contribution in [0.15, 0.2) is 18.2 Å². The molecule has 1 aromatic carbocycles. The Labute approximate surface area is 127 Å². The van der Waals surface area contributed by atoms with Gasteiger partial charge in [0.25, 0.3) is 5.91 Å². The van der Waals surface area contributed by atoms with Gasteiger partial charge in [-0.1, -0.05) is 6.07 Å². The van der Waals surface area contributed by atoms with Gasteiger partial charge in [-0.25, -0.2) is 0 Å². The van der Waals surface area contributed by atoms with Crippen LogP contribution in [0.5, 0.6) is 0 Å². The number of likely N-dealkylation sites (N-methyl/N-ethyl adjacent to an activating group) is 1. The minimum Gasteiger partial charge on any atom is -0.337 e. The molecule has 0 radical (unpaired) electrons. The number of hydrogen-bond donors (Lipinski definition) is 0. The molecule has 0 spiro atoms. The Balaban J connectivity index is 1.72. The zero-order valence-corrected chi connectivity index (χ0v) is 13.4. The van der Waals surface area contributed by atoms with E-state index in [4.69, 9.17) is 0 Å². The van der Waals surface area contributed by atoms with Gasteiger partial charge < -0.3 is 9.80 Å². The summed E-state index contributed by atoms with van der Waals surface area (Å²) in [4.78, 5) is 17.3. The maximum Gasteiger partial charge on any atom is 0.253 e. The van der Waals surface area contributed by atoms with Gasteiger partial charge in [0, 0.05) is 25.2 Å².